The number of hydrogen-bond donors (Lipinski definition) is 0. The fraction of sp³-hybridized carbons (Fsp3) is 0.562. The molecule has 7 heteroatoms. The zero-order chi connectivity index (χ0) is 17.0. The normalized spacial score (nSPS) is 17.0. The predicted octanol–water partition coefficient (Wildman–Crippen LogP) is 3.00. The quantitative estimate of drug-likeness (QED) is 0.834. The van der Waals surface area contributed by atoms with E-state index in [1.54, 1.807) is 6.07 Å². The number of likely N-dealkylation sites (tertiary alicyclic amines) is 1. The summed E-state index contributed by atoms with van der Waals surface area (Å²) in [6.07, 6.45) is 5.45. The summed E-state index contributed by atoms with van der Waals surface area (Å²) in [5, 5.41) is 0.128. The van der Waals surface area contributed by atoms with Crippen LogP contribution in [-0.4, -0.2) is 50.7 Å². The minimum absolute atomic E-state index is 0.0259. The Morgan fingerprint density at radius 1 is 1.09 bits per heavy atom. The third-order valence-electron chi connectivity index (χ3n) is 4.08. The van der Waals surface area contributed by atoms with E-state index in [1.165, 1.54) is 32.6 Å². The molecule has 23 heavy (non-hydrogen) atoms. The minimum Gasteiger partial charge on any atom is -0.339 e. The van der Waals surface area contributed by atoms with Gasteiger partial charge in [0.05, 0.1) is 5.02 Å². The highest BCUT2D eigenvalue weighted by molar-refractivity contribution is 7.89. The van der Waals surface area contributed by atoms with Gasteiger partial charge in [-0.1, -0.05) is 30.9 Å². The third kappa shape index (κ3) is 4.25. The van der Waals surface area contributed by atoms with E-state index in [1.807, 2.05) is 4.90 Å². The molecule has 0 atom stereocenters. The maximum absolute atomic E-state index is 12.7. The van der Waals surface area contributed by atoms with Gasteiger partial charge in [0.15, 0.2) is 0 Å². The Balaban J connectivity index is 2.31. The van der Waals surface area contributed by atoms with Crippen LogP contribution in [-0.2, 0) is 10.0 Å². The number of rotatable bonds is 3. The highest BCUT2D eigenvalue weighted by atomic mass is 35.5. The molecule has 0 unspecified atom stereocenters. The Kier molecular flexibility index (Phi) is 6.06. The SMILES string of the molecule is CN(C)S(=O)(=O)c1cc(C(=O)N2CCCCCCC2)ccc1Cl. The molecule has 1 aliphatic rings. The lowest BCUT2D eigenvalue weighted by Crippen LogP contribution is -2.34. The Bertz CT molecular complexity index is 666. The van der Waals surface area contributed by atoms with Crippen LogP contribution in [0.3, 0.4) is 0 Å². The minimum atomic E-state index is -3.68. The van der Waals surface area contributed by atoms with Crippen LogP contribution in [0, 0.1) is 0 Å². The largest absolute Gasteiger partial charge is 0.339 e. The summed E-state index contributed by atoms with van der Waals surface area (Å²) >= 11 is 6.03. The van der Waals surface area contributed by atoms with E-state index in [9.17, 15) is 13.2 Å². The Hall–Kier alpha value is -1.11. The van der Waals surface area contributed by atoms with Crippen molar-refractivity contribution in [2.75, 3.05) is 27.2 Å². The number of amides is 1. The summed E-state index contributed by atoms with van der Waals surface area (Å²) in [7, 11) is -0.791. The third-order valence-corrected chi connectivity index (χ3v) is 6.38. The van der Waals surface area contributed by atoms with Crippen molar-refractivity contribution in [1.29, 1.82) is 0 Å². The van der Waals surface area contributed by atoms with Gasteiger partial charge in [0, 0.05) is 32.7 Å². The highest BCUT2D eigenvalue weighted by Gasteiger charge is 2.24. The lowest BCUT2D eigenvalue weighted by molar-refractivity contribution is 0.0742. The molecule has 1 heterocycles. The molecule has 1 fully saturated rings. The summed E-state index contributed by atoms with van der Waals surface area (Å²) < 4.78 is 25.7. The number of nitrogens with zero attached hydrogens (tertiary/aromatic N) is 2. The molecule has 0 aliphatic carbocycles. The van der Waals surface area contributed by atoms with Crippen LogP contribution in [0.15, 0.2) is 23.1 Å². The Morgan fingerprint density at radius 3 is 2.22 bits per heavy atom. The maximum Gasteiger partial charge on any atom is 0.253 e. The second-order valence-corrected chi connectivity index (χ2v) is 8.52. The summed E-state index contributed by atoms with van der Waals surface area (Å²) in [4.78, 5) is 14.5. The molecular formula is C16H23ClN2O3S. The van der Waals surface area contributed by atoms with Crippen LogP contribution >= 0.6 is 11.6 Å². The van der Waals surface area contributed by atoms with E-state index in [0.29, 0.717) is 5.56 Å². The summed E-state index contributed by atoms with van der Waals surface area (Å²) in [6.45, 7) is 1.44. The fourth-order valence-electron chi connectivity index (χ4n) is 2.66. The molecule has 5 nitrogen and oxygen atoms in total. The van der Waals surface area contributed by atoms with Crippen LogP contribution < -0.4 is 0 Å². The van der Waals surface area contributed by atoms with Crippen molar-refractivity contribution in [3.8, 4) is 0 Å². The first kappa shape index (κ1) is 18.2. The lowest BCUT2D eigenvalue weighted by Gasteiger charge is -2.25. The van der Waals surface area contributed by atoms with Crippen molar-refractivity contribution < 1.29 is 13.2 Å². The van der Waals surface area contributed by atoms with Gasteiger partial charge in [-0.25, -0.2) is 12.7 Å². The maximum atomic E-state index is 12.7. The van der Waals surface area contributed by atoms with Crippen LogP contribution in [0.5, 0.6) is 0 Å². The molecule has 0 saturated carbocycles. The van der Waals surface area contributed by atoms with E-state index >= 15 is 0 Å². The molecule has 0 N–H and O–H groups in total. The number of sulfonamides is 1. The van der Waals surface area contributed by atoms with Crippen LogP contribution in [0.2, 0.25) is 5.02 Å². The first-order valence-corrected chi connectivity index (χ1v) is 9.67. The van der Waals surface area contributed by atoms with Gasteiger partial charge in [0.1, 0.15) is 4.90 Å². The van der Waals surface area contributed by atoms with Gasteiger partial charge in [-0.2, -0.15) is 0 Å². The Morgan fingerprint density at radius 2 is 1.65 bits per heavy atom. The van der Waals surface area contributed by atoms with E-state index in [0.717, 1.165) is 43.1 Å². The zero-order valence-electron chi connectivity index (χ0n) is 13.6. The molecule has 1 aromatic carbocycles. The van der Waals surface area contributed by atoms with Gasteiger partial charge in [0.2, 0.25) is 10.0 Å². The van der Waals surface area contributed by atoms with Gasteiger partial charge >= 0.3 is 0 Å². The zero-order valence-corrected chi connectivity index (χ0v) is 15.2. The van der Waals surface area contributed by atoms with Gasteiger partial charge in [-0.05, 0) is 31.0 Å². The van der Waals surface area contributed by atoms with E-state index in [2.05, 4.69) is 0 Å². The molecular weight excluding hydrogens is 336 g/mol. The summed E-state index contributed by atoms with van der Waals surface area (Å²) in [6, 6.07) is 4.46. The molecule has 1 aromatic rings. The lowest BCUT2D eigenvalue weighted by atomic mass is 10.1. The topological polar surface area (TPSA) is 57.7 Å². The van der Waals surface area contributed by atoms with Crippen LogP contribution in [0.25, 0.3) is 0 Å². The predicted molar refractivity (Wildman–Crippen MR) is 91.3 cm³/mol. The monoisotopic (exact) mass is 358 g/mol. The molecule has 0 radical (unpaired) electrons. The average molecular weight is 359 g/mol. The molecule has 0 bridgehead atoms. The smallest absolute Gasteiger partial charge is 0.253 e. The van der Waals surface area contributed by atoms with E-state index in [-0.39, 0.29) is 15.8 Å². The van der Waals surface area contributed by atoms with Crippen molar-refractivity contribution in [3.63, 3.8) is 0 Å². The van der Waals surface area contributed by atoms with Crippen LogP contribution in [0.4, 0.5) is 0 Å². The number of carbonyl (C=O) groups is 1. The van der Waals surface area contributed by atoms with Gasteiger partial charge in [-0.15, -0.1) is 0 Å². The first-order chi connectivity index (χ1) is 10.8. The molecule has 1 amide bonds. The molecule has 0 aromatic heterocycles. The average Bonchev–Trinajstić information content (AvgIpc) is 2.46. The van der Waals surface area contributed by atoms with Crippen LogP contribution in [0.1, 0.15) is 42.5 Å². The van der Waals surface area contributed by atoms with E-state index in [4.69, 9.17) is 11.6 Å². The second-order valence-electron chi connectivity index (χ2n) is 5.99. The number of benzene rings is 1. The number of halogens is 1. The first-order valence-electron chi connectivity index (χ1n) is 7.85. The molecule has 128 valence electrons. The second kappa shape index (κ2) is 7.64. The fourth-order valence-corrected chi connectivity index (χ4v) is 4.06. The molecule has 2 rings (SSSR count). The van der Waals surface area contributed by atoms with Gasteiger partial charge < -0.3 is 4.90 Å². The van der Waals surface area contributed by atoms with Gasteiger partial charge in [0.25, 0.3) is 5.91 Å². The molecule has 1 saturated heterocycles. The number of carbonyl (C=O) groups excluding carboxylic acids is 1. The molecule has 1 aliphatic heterocycles. The Labute approximate surface area is 143 Å². The summed E-state index contributed by atoms with van der Waals surface area (Å²) in [5.74, 6) is -0.126. The van der Waals surface area contributed by atoms with Crippen molar-refractivity contribution in [3.05, 3.63) is 28.8 Å². The van der Waals surface area contributed by atoms with E-state index < -0.39 is 10.0 Å². The molecule has 0 spiro atoms. The van der Waals surface area contributed by atoms with Crippen molar-refractivity contribution in [1.82, 2.24) is 9.21 Å². The van der Waals surface area contributed by atoms with Gasteiger partial charge in [-0.3, -0.25) is 4.79 Å². The standard InChI is InChI=1S/C16H23ClN2O3S/c1-18(2)23(21,22)15-12-13(8-9-14(15)17)16(20)19-10-6-4-3-5-7-11-19/h8-9,12H,3-7,10-11H2,1-2H3. The number of hydrogen-bond acceptors (Lipinski definition) is 3. The highest BCUT2D eigenvalue weighted by Crippen LogP contribution is 2.25. The van der Waals surface area contributed by atoms with Crippen molar-refractivity contribution >= 4 is 27.5 Å². The summed E-state index contributed by atoms with van der Waals surface area (Å²) in [5.41, 5.74) is 0.371. The van der Waals surface area contributed by atoms with Crippen molar-refractivity contribution in [2.24, 2.45) is 0 Å². The van der Waals surface area contributed by atoms with Crippen molar-refractivity contribution in [2.45, 2.75) is 37.0 Å².